The van der Waals surface area contributed by atoms with Gasteiger partial charge in [-0.2, -0.15) is 0 Å². The van der Waals surface area contributed by atoms with E-state index in [2.05, 4.69) is 62.2 Å². The summed E-state index contributed by atoms with van der Waals surface area (Å²) in [7, 11) is 2.12. The Balaban J connectivity index is 2.10. The highest BCUT2D eigenvalue weighted by molar-refractivity contribution is 8.00. The number of benzene rings is 1. The third-order valence-electron chi connectivity index (χ3n) is 3.96. The molecule has 0 fully saturated rings. The van der Waals surface area contributed by atoms with Gasteiger partial charge in [-0.3, -0.25) is 0 Å². The second-order valence-electron chi connectivity index (χ2n) is 4.86. The highest BCUT2D eigenvalue weighted by atomic mass is 32.2. The van der Waals surface area contributed by atoms with Gasteiger partial charge in [-0.05, 0) is 31.0 Å². The Morgan fingerprint density at radius 1 is 1.29 bits per heavy atom. The lowest BCUT2D eigenvalue weighted by atomic mass is 9.89. The summed E-state index contributed by atoms with van der Waals surface area (Å²) in [6.45, 7) is 4.62. The van der Waals surface area contributed by atoms with Crippen molar-refractivity contribution in [1.29, 1.82) is 0 Å². The van der Waals surface area contributed by atoms with E-state index in [-0.39, 0.29) is 0 Å². The zero-order valence-corrected chi connectivity index (χ0v) is 11.9. The van der Waals surface area contributed by atoms with Gasteiger partial charge in [-0.15, -0.1) is 11.8 Å². The average molecular weight is 249 g/mol. The first-order chi connectivity index (χ1) is 8.30. The zero-order chi connectivity index (χ0) is 12.3. The Labute approximate surface area is 109 Å². The number of thioether (sulfide) groups is 1. The molecule has 0 saturated carbocycles. The van der Waals surface area contributed by atoms with E-state index in [9.17, 15) is 0 Å². The summed E-state index contributed by atoms with van der Waals surface area (Å²) in [6.07, 6.45) is 3.77. The fourth-order valence-electron chi connectivity index (χ4n) is 2.93. The van der Waals surface area contributed by atoms with Crippen LogP contribution in [0.2, 0.25) is 0 Å². The summed E-state index contributed by atoms with van der Waals surface area (Å²) in [4.78, 5) is 1.49. The largest absolute Gasteiger partial charge is 0.316 e. The number of hydrogen-bond acceptors (Lipinski definition) is 2. The van der Waals surface area contributed by atoms with Crippen LogP contribution in [-0.2, 0) is 6.42 Å². The molecule has 0 spiro atoms. The van der Waals surface area contributed by atoms with E-state index < -0.39 is 0 Å². The van der Waals surface area contributed by atoms with Gasteiger partial charge in [-0.25, -0.2) is 0 Å². The molecule has 0 saturated heterocycles. The standard InChI is InChI=1S/C15H23NS/c1-4-11(5-2)15(16-3)14-10-12-8-6-7-9-13(12)17-14/h6-9,11,14-16H,4-5,10H2,1-3H3. The van der Waals surface area contributed by atoms with Crippen LogP contribution < -0.4 is 5.32 Å². The molecule has 1 aliphatic heterocycles. The first kappa shape index (κ1) is 13.0. The van der Waals surface area contributed by atoms with Crippen LogP contribution in [0.4, 0.5) is 0 Å². The molecule has 1 N–H and O–H groups in total. The minimum atomic E-state index is 0.641. The summed E-state index contributed by atoms with van der Waals surface area (Å²) in [5.74, 6) is 0.798. The lowest BCUT2D eigenvalue weighted by Gasteiger charge is -2.29. The van der Waals surface area contributed by atoms with Crippen molar-refractivity contribution in [3.8, 4) is 0 Å². The van der Waals surface area contributed by atoms with E-state index in [1.165, 1.54) is 29.7 Å². The maximum atomic E-state index is 3.56. The second-order valence-corrected chi connectivity index (χ2v) is 6.14. The fraction of sp³-hybridized carbons (Fsp3) is 0.600. The summed E-state index contributed by atoms with van der Waals surface area (Å²) < 4.78 is 0. The third kappa shape index (κ3) is 2.69. The van der Waals surface area contributed by atoms with Gasteiger partial charge in [-0.1, -0.05) is 44.9 Å². The topological polar surface area (TPSA) is 12.0 Å². The monoisotopic (exact) mass is 249 g/mol. The second kappa shape index (κ2) is 5.92. The maximum absolute atomic E-state index is 3.56. The average Bonchev–Trinajstić information content (AvgIpc) is 2.78. The van der Waals surface area contributed by atoms with E-state index in [4.69, 9.17) is 0 Å². The number of hydrogen-bond donors (Lipinski definition) is 1. The number of fused-ring (bicyclic) bond motifs is 1. The predicted octanol–water partition coefficient (Wildman–Crippen LogP) is 3.73. The highest BCUT2D eigenvalue weighted by Crippen LogP contribution is 2.40. The van der Waals surface area contributed by atoms with Crippen molar-refractivity contribution < 1.29 is 0 Å². The van der Waals surface area contributed by atoms with E-state index in [0.29, 0.717) is 11.3 Å². The normalized spacial score (nSPS) is 20.6. The molecule has 2 unspecified atom stereocenters. The van der Waals surface area contributed by atoms with Crippen LogP contribution in [0.5, 0.6) is 0 Å². The molecular weight excluding hydrogens is 226 g/mol. The quantitative estimate of drug-likeness (QED) is 0.853. The Hall–Kier alpha value is -0.470. The van der Waals surface area contributed by atoms with Crippen molar-refractivity contribution in [3.63, 3.8) is 0 Å². The van der Waals surface area contributed by atoms with Crippen molar-refractivity contribution in [2.24, 2.45) is 5.92 Å². The number of nitrogens with one attached hydrogen (secondary N) is 1. The van der Waals surface area contributed by atoms with Crippen molar-refractivity contribution in [2.45, 2.75) is 49.3 Å². The van der Waals surface area contributed by atoms with Crippen LogP contribution in [0.3, 0.4) is 0 Å². The summed E-state index contributed by atoms with van der Waals surface area (Å²) in [5.41, 5.74) is 1.54. The fourth-order valence-corrected chi connectivity index (χ4v) is 4.48. The van der Waals surface area contributed by atoms with Gasteiger partial charge in [0.05, 0.1) is 0 Å². The molecule has 0 amide bonds. The molecule has 0 radical (unpaired) electrons. The van der Waals surface area contributed by atoms with Crippen LogP contribution in [0.1, 0.15) is 32.3 Å². The summed E-state index contributed by atoms with van der Waals surface area (Å²) >= 11 is 2.07. The molecule has 1 heterocycles. The summed E-state index contributed by atoms with van der Waals surface area (Å²) in [6, 6.07) is 9.50. The lowest BCUT2D eigenvalue weighted by molar-refractivity contribution is 0.343. The van der Waals surface area contributed by atoms with Crippen molar-refractivity contribution in [3.05, 3.63) is 29.8 Å². The first-order valence-corrected chi connectivity index (χ1v) is 7.59. The highest BCUT2D eigenvalue weighted by Gasteiger charge is 2.31. The van der Waals surface area contributed by atoms with Gasteiger partial charge in [0.15, 0.2) is 0 Å². The Bertz CT molecular complexity index is 335. The minimum absolute atomic E-state index is 0.641. The van der Waals surface area contributed by atoms with E-state index in [1.807, 2.05) is 0 Å². The van der Waals surface area contributed by atoms with Crippen molar-refractivity contribution in [2.75, 3.05) is 7.05 Å². The molecule has 94 valence electrons. The maximum Gasteiger partial charge on any atom is 0.0291 e. The van der Waals surface area contributed by atoms with Gasteiger partial charge in [0.1, 0.15) is 0 Å². The van der Waals surface area contributed by atoms with Crippen LogP contribution in [0.15, 0.2) is 29.2 Å². The van der Waals surface area contributed by atoms with Crippen molar-refractivity contribution in [1.82, 2.24) is 5.32 Å². The molecule has 2 atom stereocenters. The van der Waals surface area contributed by atoms with Gasteiger partial charge >= 0.3 is 0 Å². The smallest absolute Gasteiger partial charge is 0.0291 e. The lowest BCUT2D eigenvalue weighted by Crippen LogP contribution is -2.41. The van der Waals surface area contributed by atoms with E-state index in [0.717, 1.165) is 5.92 Å². The molecular formula is C15H23NS. The molecule has 2 heteroatoms. The molecule has 1 aromatic carbocycles. The molecule has 0 aromatic heterocycles. The minimum Gasteiger partial charge on any atom is -0.316 e. The molecule has 1 aliphatic rings. The van der Waals surface area contributed by atoms with Gasteiger partial charge in [0, 0.05) is 16.2 Å². The molecule has 1 aromatic rings. The van der Waals surface area contributed by atoms with Crippen LogP contribution >= 0.6 is 11.8 Å². The third-order valence-corrected chi connectivity index (χ3v) is 5.38. The van der Waals surface area contributed by atoms with Gasteiger partial charge in [0.2, 0.25) is 0 Å². The molecule has 0 bridgehead atoms. The Morgan fingerprint density at radius 2 is 2.00 bits per heavy atom. The Kier molecular flexibility index (Phi) is 4.52. The van der Waals surface area contributed by atoms with Crippen LogP contribution in [0.25, 0.3) is 0 Å². The molecule has 0 aliphatic carbocycles. The first-order valence-electron chi connectivity index (χ1n) is 6.72. The number of rotatable bonds is 5. The molecule has 2 rings (SSSR count). The SMILES string of the molecule is CCC(CC)C(NC)C1Cc2ccccc2S1. The van der Waals surface area contributed by atoms with E-state index >= 15 is 0 Å². The zero-order valence-electron chi connectivity index (χ0n) is 11.1. The van der Waals surface area contributed by atoms with Crippen molar-refractivity contribution >= 4 is 11.8 Å². The van der Waals surface area contributed by atoms with Gasteiger partial charge < -0.3 is 5.32 Å². The molecule has 1 nitrogen and oxygen atoms in total. The van der Waals surface area contributed by atoms with Crippen LogP contribution in [-0.4, -0.2) is 18.3 Å². The summed E-state index contributed by atoms with van der Waals surface area (Å²) in [5, 5.41) is 4.27. The predicted molar refractivity (Wildman–Crippen MR) is 76.7 cm³/mol. The van der Waals surface area contributed by atoms with Gasteiger partial charge in [0.25, 0.3) is 0 Å². The van der Waals surface area contributed by atoms with E-state index in [1.54, 1.807) is 0 Å². The molecule has 17 heavy (non-hydrogen) atoms. The Morgan fingerprint density at radius 3 is 2.59 bits per heavy atom. The van der Waals surface area contributed by atoms with Crippen LogP contribution in [0, 0.1) is 5.92 Å².